The molecule has 0 saturated carbocycles. The van der Waals surface area contributed by atoms with E-state index in [4.69, 9.17) is 9.47 Å². The number of hydrogen-bond donors (Lipinski definition) is 1. The third-order valence-electron chi connectivity index (χ3n) is 3.35. The van der Waals surface area contributed by atoms with E-state index in [1.165, 1.54) is 14.0 Å². The van der Waals surface area contributed by atoms with Gasteiger partial charge in [-0.2, -0.15) is 0 Å². The molecule has 6 heteroatoms. The molecule has 0 saturated heterocycles. The van der Waals surface area contributed by atoms with Gasteiger partial charge in [0.05, 0.1) is 12.7 Å². The van der Waals surface area contributed by atoms with Crippen LogP contribution in [-0.2, 0) is 4.79 Å². The van der Waals surface area contributed by atoms with Crippen LogP contribution in [0.5, 0.6) is 11.5 Å². The Bertz CT molecular complexity index is 743. The Balaban J connectivity index is 2.13. The first-order chi connectivity index (χ1) is 11.4. The molecule has 0 aliphatic heterocycles. The predicted octanol–water partition coefficient (Wildman–Crippen LogP) is 4.07. The van der Waals surface area contributed by atoms with Crippen LogP contribution < -0.4 is 14.8 Å². The summed E-state index contributed by atoms with van der Waals surface area (Å²) in [6, 6.07) is 12.1. The van der Waals surface area contributed by atoms with Crippen LogP contribution in [0.4, 0.5) is 5.69 Å². The Morgan fingerprint density at radius 3 is 2.38 bits per heavy atom. The number of ketones is 1. The number of halogens is 1. The average molecular weight is 392 g/mol. The van der Waals surface area contributed by atoms with E-state index in [0.717, 1.165) is 4.47 Å². The smallest absolute Gasteiger partial charge is 0.265 e. The van der Waals surface area contributed by atoms with Crippen LogP contribution in [0, 0.1) is 0 Å². The highest BCUT2D eigenvalue weighted by Crippen LogP contribution is 2.26. The minimum absolute atomic E-state index is 0.145. The molecule has 1 atom stereocenters. The van der Waals surface area contributed by atoms with Gasteiger partial charge in [0.2, 0.25) is 0 Å². The third-order valence-corrected chi connectivity index (χ3v) is 3.88. The molecule has 0 bridgehead atoms. The van der Waals surface area contributed by atoms with E-state index < -0.39 is 6.10 Å². The maximum atomic E-state index is 12.3. The summed E-state index contributed by atoms with van der Waals surface area (Å²) in [5.74, 6) is 0.415. The van der Waals surface area contributed by atoms with E-state index in [2.05, 4.69) is 21.2 Å². The molecule has 0 aliphatic rings. The Kier molecular flexibility index (Phi) is 5.98. The third kappa shape index (κ3) is 4.58. The summed E-state index contributed by atoms with van der Waals surface area (Å²) in [6.07, 6.45) is -0.779. The normalized spacial score (nSPS) is 11.5. The highest BCUT2D eigenvalue weighted by atomic mass is 79.9. The summed E-state index contributed by atoms with van der Waals surface area (Å²) >= 11 is 3.34. The van der Waals surface area contributed by atoms with E-state index in [9.17, 15) is 9.59 Å². The molecule has 2 rings (SSSR count). The number of methoxy groups -OCH3 is 1. The average Bonchev–Trinajstić information content (AvgIpc) is 2.56. The zero-order chi connectivity index (χ0) is 17.7. The molecule has 0 fully saturated rings. The number of amides is 1. The van der Waals surface area contributed by atoms with E-state index >= 15 is 0 Å². The van der Waals surface area contributed by atoms with Crippen molar-refractivity contribution in [2.45, 2.75) is 20.0 Å². The zero-order valence-corrected chi connectivity index (χ0v) is 15.2. The van der Waals surface area contributed by atoms with Gasteiger partial charge in [-0.05, 0) is 50.2 Å². The van der Waals surface area contributed by atoms with Gasteiger partial charge in [-0.1, -0.05) is 15.9 Å². The van der Waals surface area contributed by atoms with Gasteiger partial charge in [-0.15, -0.1) is 0 Å². The summed E-state index contributed by atoms with van der Waals surface area (Å²) in [5, 5.41) is 2.77. The molecule has 1 unspecified atom stereocenters. The molecule has 2 aromatic rings. The van der Waals surface area contributed by atoms with Gasteiger partial charge >= 0.3 is 0 Å². The maximum absolute atomic E-state index is 12.3. The number of hydrogen-bond acceptors (Lipinski definition) is 4. The molecule has 24 heavy (non-hydrogen) atoms. The molecule has 126 valence electrons. The second-order valence-electron chi connectivity index (χ2n) is 5.17. The van der Waals surface area contributed by atoms with E-state index in [1.807, 2.05) is 12.1 Å². The van der Waals surface area contributed by atoms with Gasteiger partial charge in [0, 0.05) is 16.2 Å². The molecular weight excluding hydrogens is 374 g/mol. The van der Waals surface area contributed by atoms with Crippen molar-refractivity contribution in [3.8, 4) is 11.5 Å². The number of rotatable bonds is 6. The number of benzene rings is 2. The largest absolute Gasteiger partial charge is 0.497 e. The number of Topliss-reactive ketones (excluding diaryl/α,β-unsaturated/α-hetero) is 1. The molecule has 0 aromatic heterocycles. The van der Waals surface area contributed by atoms with Crippen LogP contribution in [-0.4, -0.2) is 24.9 Å². The first kappa shape index (κ1) is 18.0. The quantitative estimate of drug-likeness (QED) is 0.753. The predicted molar refractivity (Wildman–Crippen MR) is 95.9 cm³/mol. The van der Waals surface area contributed by atoms with Crippen LogP contribution in [0.15, 0.2) is 46.9 Å². The number of nitrogens with one attached hydrogen (secondary N) is 1. The highest BCUT2D eigenvalue weighted by molar-refractivity contribution is 9.10. The SMILES string of the molecule is COc1ccc(C(C)=O)c(OC(C)C(=O)Nc2ccc(Br)cc2)c1. The number of carbonyl (C=O) groups is 2. The minimum Gasteiger partial charge on any atom is -0.497 e. The zero-order valence-electron chi connectivity index (χ0n) is 13.6. The van der Waals surface area contributed by atoms with E-state index in [-0.39, 0.29) is 11.7 Å². The molecule has 5 nitrogen and oxygen atoms in total. The Hall–Kier alpha value is -2.34. The van der Waals surface area contributed by atoms with E-state index in [0.29, 0.717) is 22.7 Å². The van der Waals surface area contributed by atoms with E-state index in [1.54, 1.807) is 37.3 Å². The monoisotopic (exact) mass is 391 g/mol. The van der Waals surface area contributed by atoms with Crippen molar-refractivity contribution in [1.29, 1.82) is 0 Å². The highest BCUT2D eigenvalue weighted by Gasteiger charge is 2.18. The Morgan fingerprint density at radius 2 is 1.79 bits per heavy atom. The van der Waals surface area contributed by atoms with Crippen molar-refractivity contribution in [1.82, 2.24) is 0 Å². The molecule has 0 radical (unpaired) electrons. The topological polar surface area (TPSA) is 64.6 Å². The van der Waals surface area contributed by atoms with Gasteiger partial charge in [0.1, 0.15) is 11.5 Å². The molecule has 0 aliphatic carbocycles. The number of ether oxygens (including phenoxy) is 2. The number of anilines is 1. The van der Waals surface area contributed by atoms with Gasteiger partial charge < -0.3 is 14.8 Å². The van der Waals surface area contributed by atoms with Crippen LogP contribution in [0.3, 0.4) is 0 Å². The first-order valence-corrected chi connectivity index (χ1v) is 8.12. The molecule has 0 spiro atoms. The summed E-state index contributed by atoms with van der Waals surface area (Å²) in [5.41, 5.74) is 1.06. The van der Waals surface area contributed by atoms with Crippen LogP contribution in [0.1, 0.15) is 24.2 Å². The summed E-state index contributed by atoms with van der Waals surface area (Å²) in [4.78, 5) is 24.0. The van der Waals surface area contributed by atoms with Crippen molar-refractivity contribution in [3.63, 3.8) is 0 Å². The maximum Gasteiger partial charge on any atom is 0.265 e. The minimum atomic E-state index is -0.779. The van der Waals surface area contributed by atoms with Crippen LogP contribution in [0.25, 0.3) is 0 Å². The Labute approximate surface area is 149 Å². The first-order valence-electron chi connectivity index (χ1n) is 7.32. The fraction of sp³-hybridized carbons (Fsp3) is 0.222. The summed E-state index contributed by atoms with van der Waals surface area (Å²) in [6.45, 7) is 3.07. The van der Waals surface area contributed by atoms with Crippen molar-refractivity contribution in [2.24, 2.45) is 0 Å². The molecule has 1 N–H and O–H groups in total. The van der Waals surface area contributed by atoms with Crippen LogP contribution >= 0.6 is 15.9 Å². The van der Waals surface area contributed by atoms with Gasteiger partial charge in [0.25, 0.3) is 5.91 Å². The van der Waals surface area contributed by atoms with Gasteiger partial charge in [-0.3, -0.25) is 9.59 Å². The molecule has 0 heterocycles. The lowest BCUT2D eigenvalue weighted by Crippen LogP contribution is -2.30. The summed E-state index contributed by atoms with van der Waals surface area (Å²) in [7, 11) is 1.52. The fourth-order valence-corrected chi connectivity index (χ4v) is 2.30. The van der Waals surface area contributed by atoms with Crippen molar-refractivity contribution in [3.05, 3.63) is 52.5 Å². The Morgan fingerprint density at radius 1 is 1.12 bits per heavy atom. The molecular formula is C18H18BrNO4. The van der Waals surface area contributed by atoms with Crippen molar-refractivity contribution in [2.75, 3.05) is 12.4 Å². The lowest BCUT2D eigenvalue weighted by Gasteiger charge is -2.17. The number of carbonyl (C=O) groups excluding carboxylic acids is 2. The van der Waals surface area contributed by atoms with Crippen molar-refractivity contribution < 1.29 is 19.1 Å². The second-order valence-corrected chi connectivity index (χ2v) is 6.09. The molecule has 2 aromatic carbocycles. The van der Waals surface area contributed by atoms with Gasteiger partial charge in [-0.25, -0.2) is 0 Å². The van der Waals surface area contributed by atoms with Gasteiger partial charge in [0.15, 0.2) is 11.9 Å². The second kappa shape index (κ2) is 7.97. The lowest BCUT2D eigenvalue weighted by atomic mass is 10.1. The van der Waals surface area contributed by atoms with Crippen LogP contribution in [0.2, 0.25) is 0 Å². The standard InChI is InChI=1S/C18H18BrNO4/c1-11(21)16-9-8-15(23-3)10-17(16)24-12(2)18(22)20-14-6-4-13(19)5-7-14/h4-10,12H,1-3H3,(H,20,22). The summed E-state index contributed by atoms with van der Waals surface area (Å²) < 4.78 is 11.8. The lowest BCUT2D eigenvalue weighted by molar-refractivity contribution is -0.122. The van der Waals surface area contributed by atoms with Crippen molar-refractivity contribution >= 4 is 33.3 Å². The molecule has 1 amide bonds. The fourth-order valence-electron chi connectivity index (χ4n) is 2.04.